The Morgan fingerprint density at radius 1 is 1.50 bits per heavy atom. The van der Waals surface area contributed by atoms with Crippen LogP contribution in [0.25, 0.3) is 0 Å². The molecule has 1 aromatic heterocycles. The van der Waals surface area contributed by atoms with E-state index in [2.05, 4.69) is 16.9 Å². The third-order valence-corrected chi connectivity index (χ3v) is 3.43. The highest BCUT2D eigenvalue weighted by atomic mass is 32.1. The molecule has 0 saturated heterocycles. The number of hydrogen-bond donors (Lipinski definition) is 1. The van der Waals surface area contributed by atoms with Gasteiger partial charge in [0, 0.05) is 24.3 Å². The Hall–Kier alpha value is -0.780. The lowest BCUT2D eigenvalue weighted by atomic mass is 10.1. The van der Waals surface area contributed by atoms with Gasteiger partial charge in [0.05, 0.1) is 13.2 Å². The summed E-state index contributed by atoms with van der Waals surface area (Å²) in [5, 5.41) is 0. The van der Waals surface area contributed by atoms with Crippen LogP contribution in [0.15, 0.2) is 0 Å². The summed E-state index contributed by atoms with van der Waals surface area (Å²) in [5.41, 5.74) is 2.20. The second-order valence-corrected chi connectivity index (χ2v) is 4.81. The summed E-state index contributed by atoms with van der Waals surface area (Å²) >= 11 is 5.35. The molecule has 0 radical (unpaired) electrons. The minimum absolute atomic E-state index is 0.0230. The Morgan fingerprint density at radius 3 is 3.06 bits per heavy atom. The molecule has 5 heteroatoms. The van der Waals surface area contributed by atoms with E-state index in [1.807, 2.05) is 6.92 Å². The lowest BCUT2D eigenvalue weighted by molar-refractivity contribution is 0.0483. The predicted molar refractivity (Wildman–Crippen MR) is 72.1 cm³/mol. The molecule has 0 spiro atoms. The summed E-state index contributed by atoms with van der Waals surface area (Å²) in [5.74, 6) is 0.865. The van der Waals surface area contributed by atoms with Crippen LogP contribution in [0.4, 0.5) is 0 Å². The Bertz CT molecular complexity index is 453. The van der Waals surface area contributed by atoms with Gasteiger partial charge in [0.15, 0.2) is 0 Å². The van der Waals surface area contributed by atoms with Crippen molar-refractivity contribution in [3.8, 4) is 0 Å². The van der Waals surface area contributed by atoms with Crippen LogP contribution in [-0.2, 0) is 22.5 Å². The van der Waals surface area contributed by atoms with E-state index >= 15 is 0 Å². The van der Waals surface area contributed by atoms with Crippen molar-refractivity contribution in [2.75, 3.05) is 13.2 Å². The first-order valence-corrected chi connectivity index (χ1v) is 6.98. The zero-order chi connectivity index (χ0) is 13.0. The summed E-state index contributed by atoms with van der Waals surface area (Å²) in [7, 11) is 0. The number of fused-ring (bicyclic) bond motifs is 1. The quantitative estimate of drug-likeness (QED) is 0.834. The van der Waals surface area contributed by atoms with Crippen LogP contribution in [0.2, 0.25) is 0 Å². The fourth-order valence-electron chi connectivity index (χ4n) is 2.19. The highest BCUT2D eigenvalue weighted by Gasteiger charge is 2.18. The lowest BCUT2D eigenvalue weighted by Crippen LogP contribution is -2.17. The van der Waals surface area contributed by atoms with Crippen molar-refractivity contribution in [3.05, 3.63) is 21.7 Å². The maximum absolute atomic E-state index is 5.74. The molecule has 1 atom stereocenters. The zero-order valence-corrected chi connectivity index (χ0v) is 11.8. The van der Waals surface area contributed by atoms with Gasteiger partial charge in [-0.25, -0.2) is 4.98 Å². The molecule has 1 aromatic rings. The fourth-order valence-corrected chi connectivity index (χ4v) is 2.47. The van der Waals surface area contributed by atoms with Gasteiger partial charge < -0.3 is 14.5 Å². The Morgan fingerprint density at radius 2 is 2.33 bits per heavy atom. The van der Waals surface area contributed by atoms with Crippen molar-refractivity contribution in [3.63, 3.8) is 0 Å². The molecule has 4 nitrogen and oxygen atoms in total. The molecule has 0 aliphatic carbocycles. The van der Waals surface area contributed by atoms with Crippen molar-refractivity contribution in [1.82, 2.24) is 9.97 Å². The maximum atomic E-state index is 5.74. The van der Waals surface area contributed by atoms with E-state index in [9.17, 15) is 0 Å². The van der Waals surface area contributed by atoms with Crippen molar-refractivity contribution in [2.45, 2.75) is 45.8 Å². The van der Waals surface area contributed by atoms with Crippen molar-refractivity contribution in [1.29, 1.82) is 0 Å². The van der Waals surface area contributed by atoms with Crippen LogP contribution in [0, 0.1) is 4.64 Å². The zero-order valence-electron chi connectivity index (χ0n) is 11.0. The van der Waals surface area contributed by atoms with Gasteiger partial charge in [0.1, 0.15) is 16.6 Å². The largest absolute Gasteiger partial charge is 0.376 e. The topological polar surface area (TPSA) is 47.1 Å². The van der Waals surface area contributed by atoms with E-state index in [4.69, 9.17) is 21.7 Å². The molecule has 1 aliphatic rings. The van der Waals surface area contributed by atoms with Crippen LogP contribution in [0.5, 0.6) is 0 Å². The highest BCUT2D eigenvalue weighted by molar-refractivity contribution is 7.71. The molecular formula is C13H20N2O2S. The van der Waals surface area contributed by atoms with Crippen molar-refractivity contribution in [2.24, 2.45) is 0 Å². The standard InChI is InChI=1S/C13H20N2O2S/c1-3-5-11(17-4-2)12-14-10-6-7-16-8-9(10)13(18)15-12/h11H,3-8H2,1-2H3,(H,14,15,18). The van der Waals surface area contributed by atoms with E-state index in [0.717, 1.165) is 43.0 Å². The molecule has 0 fully saturated rings. The summed E-state index contributed by atoms with van der Waals surface area (Å²) in [4.78, 5) is 7.87. The van der Waals surface area contributed by atoms with Crippen molar-refractivity contribution >= 4 is 12.2 Å². The second-order valence-electron chi connectivity index (χ2n) is 4.42. The molecule has 0 bridgehead atoms. The molecule has 2 heterocycles. The van der Waals surface area contributed by atoms with Crippen molar-refractivity contribution < 1.29 is 9.47 Å². The van der Waals surface area contributed by atoms with Gasteiger partial charge in [0.2, 0.25) is 0 Å². The van der Waals surface area contributed by atoms with Crippen LogP contribution in [0.1, 0.15) is 49.9 Å². The SMILES string of the molecule is CCCC(OCC)c1nc(=S)c2c([nH]1)CCOC2. The molecule has 0 aromatic carbocycles. The van der Waals surface area contributed by atoms with E-state index in [1.54, 1.807) is 0 Å². The summed E-state index contributed by atoms with van der Waals surface area (Å²) < 4.78 is 11.8. The predicted octanol–water partition coefficient (Wildman–Crippen LogP) is 3.09. The molecule has 0 saturated carbocycles. The average molecular weight is 268 g/mol. The first-order valence-electron chi connectivity index (χ1n) is 6.57. The molecule has 100 valence electrons. The van der Waals surface area contributed by atoms with Crippen LogP contribution in [-0.4, -0.2) is 23.2 Å². The smallest absolute Gasteiger partial charge is 0.137 e. The number of nitrogens with zero attached hydrogens (tertiary/aromatic N) is 1. The summed E-state index contributed by atoms with van der Waals surface area (Å²) in [6.07, 6.45) is 2.92. The summed E-state index contributed by atoms with van der Waals surface area (Å²) in [6, 6.07) is 0. The number of aromatic amines is 1. The lowest BCUT2D eigenvalue weighted by Gasteiger charge is -2.21. The van der Waals surface area contributed by atoms with Gasteiger partial charge in [-0.3, -0.25) is 0 Å². The molecule has 1 aliphatic heterocycles. The maximum Gasteiger partial charge on any atom is 0.137 e. The Labute approximate surface area is 113 Å². The number of aromatic nitrogens is 2. The normalized spacial score (nSPS) is 16.3. The fraction of sp³-hybridized carbons (Fsp3) is 0.692. The van der Waals surface area contributed by atoms with Gasteiger partial charge >= 0.3 is 0 Å². The van der Waals surface area contributed by atoms with E-state index in [1.165, 1.54) is 0 Å². The number of ether oxygens (including phenoxy) is 2. The minimum atomic E-state index is 0.0230. The molecule has 2 rings (SSSR count). The molecule has 18 heavy (non-hydrogen) atoms. The van der Waals surface area contributed by atoms with E-state index in [0.29, 0.717) is 17.9 Å². The van der Waals surface area contributed by atoms with E-state index in [-0.39, 0.29) is 6.10 Å². The second kappa shape index (κ2) is 6.41. The van der Waals surface area contributed by atoms with E-state index < -0.39 is 0 Å². The van der Waals surface area contributed by atoms with Crippen LogP contribution < -0.4 is 0 Å². The van der Waals surface area contributed by atoms with Crippen LogP contribution >= 0.6 is 12.2 Å². The highest BCUT2D eigenvalue weighted by Crippen LogP contribution is 2.23. The molecule has 0 amide bonds. The van der Waals surface area contributed by atoms with Gasteiger partial charge in [-0.05, 0) is 13.3 Å². The first kappa shape index (κ1) is 13.6. The molecule has 1 unspecified atom stereocenters. The van der Waals surface area contributed by atoms with Gasteiger partial charge in [0.25, 0.3) is 0 Å². The van der Waals surface area contributed by atoms with Gasteiger partial charge in [-0.2, -0.15) is 0 Å². The first-order chi connectivity index (χ1) is 8.76. The minimum Gasteiger partial charge on any atom is -0.376 e. The van der Waals surface area contributed by atoms with Gasteiger partial charge in [-0.1, -0.05) is 25.6 Å². The monoisotopic (exact) mass is 268 g/mol. The molecular weight excluding hydrogens is 248 g/mol. The average Bonchev–Trinajstić information content (AvgIpc) is 2.38. The van der Waals surface area contributed by atoms with Crippen LogP contribution in [0.3, 0.4) is 0 Å². The third-order valence-electron chi connectivity index (χ3n) is 3.09. The number of hydrogen-bond acceptors (Lipinski definition) is 4. The number of rotatable bonds is 5. The molecule has 1 N–H and O–H groups in total. The Kier molecular flexibility index (Phi) is 4.86. The summed E-state index contributed by atoms with van der Waals surface area (Å²) in [6.45, 7) is 6.16. The third kappa shape index (κ3) is 2.96. The van der Waals surface area contributed by atoms with Gasteiger partial charge in [-0.15, -0.1) is 0 Å². The number of nitrogens with one attached hydrogen (secondary N) is 1. The Balaban J connectivity index is 2.32. The number of H-pyrrole nitrogens is 1.